The Morgan fingerprint density at radius 1 is 0.800 bits per heavy atom. The SMILES string of the molecule is O=C([C@H](Cc1ccccc1)N(C=CCc1ccc(C(F)(F)F)cc1)Cc1ccc(-c2cccnc2)nc1)N1CCC(Cc2ccccc2)CC1. The maximum Gasteiger partial charge on any atom is 0.416 e. The zero-order valence-electron chi connectivity index (χ0n) is 27.9. The zero-order chi connectivity index (χ0) is 34.8. The van der Waals surface area contributed by atoms with Gasteiger partial charge in [0, 0.05) is 50.2 Å². The molecule has 0 spiro atoms. The van der Waals surface area contributed by atoms with Crippen molar-refractivity contribution in [2.45, 2.75) is 50.9 Å². The molecule has 0 saturated carbocycles. The van der Waals surface area contributed by atoms with Gasteiger partial charge in [-0.05, 0) is 90.4 Å². The lowest BCUT2D eigenvalue weighted by atomic mass is 9.89. The summed E-state index contributed by atoms with van der Waals surface area (Å²) in [5.41, 5.74) is 5.12. The second-order valence-corrected chi connectivity index (χ2v) is 12.9. The number of rotatable bonds is 12. The molecule has 5 nitrogen and oxygen atoms in total. The molecule has 1 saturated heterocycles. The third-order valence-electron chi connectivity index (χ3n) is 9.33. The van der Waals surface area contributed by atoms with E-state index in [1.807, 2.05) is 84.0 Å². The summed E-state index contributed by atoms with van der Waals surface area (Å²) in [6.45, 7) is 1.83. The van der Waals surface area contributed by atoms with Gasteiger partial charge in [-0.15, -0.1) is 0 Å². The van der Waals surface area contributed by atoms with Crippen molar-refractivity contribution in [3.05, 3.63) is 168 Å². The number of nitrogens with zero attached hydrogens (tertiary/aromatic N) is 4. The Morgan fingerprint density at radius 2 is 1.48 bits per heavy atom. The van der Waals surface area contributed by atoms with E-state index in [4.69, 9.17) is 4.98 Å². The van der Waals surface area contributed by atoms with Crippen molar-refractivity contribution in [1.82, 2.24) is 19.8 Å². The van der Waals surface area contributed by atoms with Gasteiger partial charge in [-0.1, -0.05) is 84.9 Å². The van der Waals surface area contributed by atoms with Crippen LogP contribution in [0.1, 0.15) is 40.7 Å². The van der Waals surface area contributed by atoms with Crippen molar-refractivity contribution in [3.8, 4) is 11.3 Å². The molecule has 0 bridgehead atoms. The third kappa shape index (κ3) is 9.47. The average Bonchev–Trinajstić information content (AvgIpc) is 3.15. The van der Waals surface area contributed by atoms with Gasteiger partial charge in [0.2, 0.25) is 5.91 Å². The number of allylic oxidation sites excluding steroid dienone is 1. The van der Waals surface area contributed by atoms with Crippen LogP contribution in [0.25, 0.3) is 11.3 Å². The lowest BCUT2D eigenvalue weighted by Crippen LogP contribution is -2.50. The van der Waals surface area contributed by atoms with Crippen LogP contribution in [0.3, 0.4) is 0 Å². The number of aromatic nitrogens is 2. The zero-order valence-corrected chi connectivity index (χ0v) is 27.9. The van der Waals surface area contributed by atoms with E-state index in [-0.39, 0.29) is 5.91 Å². The molecule has 0 aliphatic carbocycles. The Balaban J connectivity index is 1.24. The fraction of sp³-hybridized carbons (Fsp3) is 0.262. The van der Waals surface area contributed by atoms with E-state index in [1.165, 1.54) is 17.7 Å². The first kappa shape index (κ1) is 34.6. The first-order valence-electron chi connectivity index (χ1n) is 17.1. The molecule has 1 amide bonds. The number of pyridine rings is 2. The summed E-state index contributed by atoms with van der Waals surface area (Å²) < 4.78 is 39.5. The fourth-order valence-corrected chi connectivity index (χ4v) is 6.53. The van der Waals surface area contributed by atoms with Gasteiger partial charge in [0.25, 0.3) is 0 Å². The fourth-order valence-electron chi connectivity index (χ4n) is 6.53. The molecule has 256 valence electrons. The van der Waals surface area contributed by atoms with Crippen molar-refractivity contribution < 1.29 is 18.0 Å². The van der Waals surface area contributed by atoms with Crippen molar-refractivity contribution in [2.75, 3.05) is 13.1 Å². The van der Waals surface area contributed by atoms with Crippen LogP contribution in [0.4, 0.5) is 13.2 Å². The lowest BCUT2D eigenvalue weighted by molar-refractivity contribution is -0.138. The van der Waals surface area contributed by atoms with E-state index in [9.17, 15) is 18.0 Å². The van der Waals surface area contributed by atoms with Crippen LogP contribution in [0.2, 0.25) is 0 Å². The monoisotopic (exact) mass is 674 g/mol. The summed E-state index contributed by atoms with van der Waals surface area (Å²) in [4.78, 5) is 27.5. The molecular weight excluding hydrogens is 633 g/mol. The van der Waals surface area contributed by atoms with E-state index >= 15 is 0 Å². The van der Waals surface area contributed by atoms with Gasteiger partial charge < -0.3 is 9.80 Å². The van der Waals surface area contributed by atoms with E-state index in [2.05, 4.69) is 34.1 Å². The summed E-state index contributed by atoms with van der Waals surface area (Å²) in [6, 6.07) is 33.1. The highest BCUT2D eigenvalue weighted by Gasteiger charge is 2.32. The molecule has 2 aromatic heterocycles. The van der Waals surface area contributed by atoms with Crippen LogP contribution in [-0.4, -0.2) is 44.8 Å². The molecule has 1 atom stereocenters. The summed E-state index contributed by atoms with van der Waals surface area (Å²) in [6.07, 6.45) is 8.64. The molecule has 5 aromatic rings. The van der Waals surface area contributed by atoms with Crippen molar-refractivity contribution in [2.24, 2.45) is 5.92 Å². The predicted molar refractivity (Wildman–Crippen MR) is 191 cm³/mol. The number of hydrogen-bond donors (Lipinski definition) is 0. The number of carbonyl (C=O) groups excluding carboxylic acids is 1. The standard InChI is InChI=1S/C42H41F3N4O/c43-42(44,45)38-18-15-32(16-19-38)13-8-24-49(31-36-17-20-39(47-29-36)37-14-7-23-46-30-37)40(28-34-11-5-2-6-12-34)41(50)48-25-21-35(22-26-48)27-33-9-3-1-4-10-33/h1-12,14-20,23-24,29-30,35,40H,13,21-22,25-28,31H2/t40-/m0/s1. The van der Waals surface area contributed by atoms with Gasteiger partial charge >= 0.3 is 6.18 Å². The Labute approximate surface area is 292 Å². The summed E-state index contributed by atoms with van der Waals surface area (Å²) in [5.74, 6) is 0.601. The number of hydrogen-bond acceptors (Lipinski definition) is 4. The van der Waals surface area contributed by atoms with Gasteiger partial charge in [-0.25, -0.2) is 0 Å². The molecule has 3 aromatic carbocycles. The van der Waals surface area contributed by atoms with Gasteiger partial charge in [0.15, 0.2) is 0 Å². The van der Waals surface area contributed by atoms with E-state index in [0.717, 1.165) is 59.3 Å². The molecule has 0 radical (unpaired) electrons. The Hall–Kier alpha value is -5.24. The normalized spacial score (nSPS) is 14.5. The number of amides is 1. The maximum atomic E-state index is 14.5. The van der Waals surface area contributed by atoms with Gasteiger partial charge in [0.1, 0.15) is 6.04 Å². The molecule has 3 heterocycles. The predicted octanol–water partition coefficient (Wildman–Crippen LogP) is 8.81. The van der Waals surface area contributed by atoms with Crippen molar-refractivity contribution in [1.29, 1.82) is 0 Å². The third-order valence-corrected chi connectivity index (χ3v) is 9.33. The summed E-state index contributed by atoms with van der Waals surface area (Å²) in [5, 5.41) is 0. The number of carbonyl (C=O) groups is 1. The lowest BCUT2D eigenvalue weighted by Gasteiger charge is -2.38. The average molecular weight is 675 g/mol. The molecule has 0 N–H and O–H groups in total. The van der Waals surface area contributed by atoms with E-state index < -0.39 is 17.8 Å². The number of halogens is 3. The van der Waals surface area contributed by atoms with E-state index in [1.54, 1.807) is 12.4 Å². The highest BCUT2D eigenvalue weighted by atomic mass is 19.4. The number of piperidine rings is 1. The van der Waals surface area contributed by atoms with E-state index in [0.29, 0.717) is 38.4 Å². The minimum Gasteiger partial charge on any atom is -0.361 e. The highest BCUT2D eigenvalue weighted by Crippen LogP contribution is 2.29. The largest absolute Gasteiger partial charge is 0.416 e. The minimum absolute atomic E-state index is 0.0751. The Morgan fingerprint density at radius 3 is 2.10 bits per heavy atom. The number of likely N-dealkylation sites (tertiary alicyclic amines) is 1. The second-order valence-electron chi connectivity index (χ2n) is 12.9. The molecule has 0 unspecified atom stereocenters. The smallest absolute Gasteiger partial charge is 0.361 e. The molecule has 6 rings (SSSR count). The quantitative estimate of drug-likeness (QED) is 0.133. The molecule has 1 fully saturated rings. The molecule has 50 heavy (non-hydrogen) atoms. The van der Waals surface area contributed by atoms with Crippen LogP contribution in [0.5, 0.6) is 0 Å². The van der Waals surface area contributed by atoms with Crippen molar-refractivity contribution in [3.63, 3.8) is 0 Å². The molecular formula is C42H41F3N4O. The first-order chi connectivity index (χ1) is 24.3. The summed E-state index contributed by atoms with van der Waals surface area (Å²) in [7, 11) is 0. The van der Waals surface area contributed by atoms with Crippen LogP contribution in [0, 0.1) is 5.92 Å². The van der Waals surface area contributed by atoms with Crippen LogP contribution in [0.15, 0.2) is 140 Å². The maximum absolute atomic E-state index is 14.5. The second kappa shape index (κ2) is 16.4. The molecule has 1 aliphatic heterocycles. The number of benzene rings is 3. The van der Waals surface area contributed by atoms with Gasteiger partial charge in [0.05, 0.1) is 11.3 Å². The Kier molecular flexibility index (Phi) is 11.4. The molecule has 1 aliphatic rings. The minimum atomic E-state index is -4.38. The van der Waals surface area contributed by atoms with Crippen molar-refractivity contribution >= 4 is 5.91 Å². The number of alkyl halides is 3. The van der Waals surface area contributed by atoms with Gasteiger partial charge in [-0.2, -0.15) is 13.2 Å². The van der Waals surface area contributed by atoms with Crippen LogP contribution in [-0.2, 0) is 36.8 Å². The first-order valence-corrected chi connectivity index (χ1v) is 17.1. The topological polar surface area (TPSA) is 49.3 Å². The highest BCUT2D eigenvalue weighted by molar-refractivity contribution is 5.82. The Bertz CT molecular complexity index is 1810. The summed E-state index contributed by atoms with van der Waals surface area (Å²) >= 11 is 0. The van der Waals surface area contributed by atoms with Gasteiger partial charge in [-0.3, -0.25) is 14.8 Å². The van der Waals surface area contributed by atoms with Crippen LogP contribution >= 0.6 is 0 Å². The van der Waals surface area contributed by atoms with Crippen LogP contribution < -0.4 is 0 Å². The molecule has 8 heteroatoms.